The van der Waals surface area contributed by atoms with Crippen LogP contribution in [0.1, 0.15) is 28.4 Å². The SMILES string of the molecule is CCOC(=O)c1ccc(CNCc2ccncc2)cc1.Cl. The van der Waals surface area contributed by atoms with Crippen molar-refractivity contribution in [2.75, 3.05) is 6.61 Å². The number of pyridine rings is 1. The Kier molecular flexibility index (Phi) is 7.43. The van der Waals surface area contributed by atoms with E-state index in [4.69, 9.17) is 4.74 Å². The number of aromatic nitrogens is 1. The summed E-state index contributed by atoms with van der Waals surface area (Å²) < 4.78 is 4.95. The Morgan fingerprint density at radius 3 is 2.19 bits per heavy atom. The molecular formula is C16H19ClN2O2. The van der Waals surface area contributed by atoms with Crippen LogP contribution in [0, 0.1) is 0 Å². The van der Waals surface area contributed by atoms with Gasteiger partial charge in [-0.2, -0.15) is 0 Å². The minimum atomic E-state index is -0.274. The highest BCUT2D eigenvalue weighted by Gasteiger charge is 2.05. The van der Waals surface area contributed by atoms with Crippen LogP contribution >= 0.6 is 12.4 Å². The van der Waals surface area contributed by atoms with Gasteiger partial charge in [-0.3, -0.25) is 4.98 Å². The maximum atomic E-state index is 11.5. The van der Waals surface area contributed by atoms with Crippen molar-refractivity contribution in [2.45, 2.75) is 20.0 Å². The summed E-state index contributed by atoms with van der Waals surface area (Å²) >= 11 is 0. The lowest BCUT2D eigenvalue weighted by atomic mass is 10.1. The second-order valence-corrected chi connectivity index (χ2v) is 4.38. The fraction of sp³-hybridized carbons (Fsp3) is 0.250. The van der Waals surface area contributed by atoms with Gasteiger partial charge >= 0.3 is 5.97 Å². The number of hydrogen-bond acceptors (Lipinski definition) is 4. The van der Waals surface area contributed by atoms with Gasteiger partial charge < -0.3 is 10.1 Å². The number of ether oxygens (including phenoxy) is 1. The van der Waals surface area contributed by atoms with Crippen LogP contribution in [0.5, 0.6) is 0 Å². The number of esters is 1. The van der Waals surface area contributed by atoms with E-state index >= 15 is 0 Å². The summed E-state index contributed by atoms with van der Waals surface area (Å²) in [5, 5.41) is 3.35. The average molecular weight is 307 g/mol. The van der Waals surface area contributed by atoms with Crippen LogP contribution in [-0.2, 0) is 17.8 Å². The van der Waals surface area contributed by atoms with Gasteiger partial charge in [0.15, 0.2) is 0 Å². The Bertz CT molecular complexity index is 544. The topological polar surface area (TPSA) is 51.2 Å². The van der Waals surface area contributed by atoms with Crippen LogP contribution in [0.25, 0.3) is 0 Å². The fourth-order valence-corrected chi connectivity index (χ4v) is 1.82. The number of carbonyl (C=O) groups is 1. The maximum absolute atomic E-state index is 11.5. The number of hydrogen-bond donors (Lipinski definition) is 1. The number of halogens is 1. The van der Waals surface area contributed by atoms with Gasteiger partial charge in [0.1, 0.15) is 0 Å². The van der Waals surface area contributed by atoms with Crippen molar-refractivity contribution in [1.29, 1.82) is 0 Å². The van der Waals surface area contributed by atoms with E-state index in [1.54, 1.807) is 31.5 Å². The van der Waals surface area contributed by atoms with E-state index in [9.17, 15) is 4.79 Å². The van der Waals surface area contributed by atoms with Crippen LogP contribution in [-0.4, -0.2) is 17.6 Å². The minimum absolute atomic E-state index is 0. The molecule has 1 heterocycles. The third-order valence-corrected chi connectivity index (χ3v) is 2.87. The maximum Gasteiger partial charge on any atom is 0.338 e. The number of rotatable bonds is 6. The number of nitrogens with zero attached hydrogens (tertiary/aromatic N) is 1. The van der Waals surface area contributed by atoms with Gasteiger partial charge in [0.25, 0.3) is 0 Å². The molecule has 1 aromatic carbocycles. The number of nitrogens with one attached hydrogen (secondary N) is 1. The monoisotopic (exact) mass is 306 g/mol. The fourth-order valence-electron chi connectivity index (χ4n) is 1.82. The Morgan fingerprint density at radius 2 is 1.62 bits per heavy atom. The zero-order valence-corrected chi connectivity index (χ0v) is 12.7. The lowest BCUT2D eigenvalue weighted by Crippen LogP contribution is -2.13. The van der Waals surface area contributed by atoms with Crippen LogP contribution in [0.4, 0.5) is 0 Å². The summed E-state index contributed by atoms with van der Waals surface area (Å²) in [7, 11) is 0. The molecule has 2 rings (SSSR count). The molecule has 0 spiro atoms. The van der Waals surface area contributed by atoms with E-state index in [0.29, 0.717) is 12.2 Å². The largest absolute Gasteiger partial charge is 0.462 e. The van der Waals surface area contributed by atoms with Crippen molar-refractivity contribution in [2.24, 2.45) is 0 Å². The molecule has 0 aliphatic heterocycles. The highest BCUT2D eigenvalue weighted by molar-refractivity contribution is 5.89. The first-order valence-corrected chi connectivity index (χ1v) is 6.65. The summed E-state index contributed by atoms with van der Waals surface area (Å²) in [5.74, 6) is -0.274. The summed E-state index contributed by atoms with van der Waals surface area (Å²) in [5.41, 5.74) is 2.92. The average Bonchev–Trinajstić information content (AvgIpc) is 2.49. The van der Waals surface area contributed by atoms with Crippen molar-refractivity contribution in [3.63, 3.8) is 0 Å². The second kappa shape index (κ2) is 9.10. The van der Waals surface area contributed by atoms with Gasteiger partial charge in [0.2, 0.25) is 0 Å². The van der Waals surface area contributed by atoms with Gasteiger partial charge in [-0.15, -0.1) is 12.4 Å². The molecule has 0 fully saturated rings. The summed E-state index contributed by atoms with van der Waals surface area (Å²) in [6.07, 6.45) is 3.57. The third kappa shape index (κ3) is 5.53. The molecule has 112 valence electrons. The molecule has 1 N–H and O–H groups in total. The predicted molar refractivity (Wildman–Crippen MR) is 84.4 cm³/mol. The molecule has 5 heteroatoms. The Morgan fingerprint density at radius 1 is 1.05 bits per heavy atom. The molecule has 4 nitrogen and oxygen atoms in total. The van der Waals surface area contributed by atoms with E-state index in [0.717, 1.165) is 18.7 Å². The van der Waals surface area contributed by atoms with Crippen LogP contribution < -0.4 is 5.32 Å². The molecule has 0 bridgehead atoms. The normalized spacial score (nSPS) is 9.76. The quantitative estimate of drug-likeness (QED) is 0.834. The van der Waals surface area contributed by atoms with Crippen molar-refractivity contribution < 1.29 is 9.53 Å². The number of benzene rings is 1. The van der Waals surface area contributed by atoms with Crippen LogP contribution in [0.3, 0.4) is 0 Å². The molecule has 2 aromatic rings. The van der Waals surface area contributed by atoms with Crippen molar-refractivity contribution in [3.05, 3.63) is 65.5 Å². The van der Waals surface area contributed by atoms with Gasteiger partial charge in [0, 0.05) is 25.5 Å². The molecular weight excluding hydrogens is 288 g/mol. The van der Waals surface area contributed by atoms with Gasteiger partial charge in [-0.1, -0.05) is 12.1 Å². The van der Waals surface area contributed by atoms with Crippen LogP contribution in [0.15, 0.2) is 48.8 Å². The van der Waals surface area contributed by atoms with E-state index in [1.165, 1.54) is 5.56 Å². The standard InChI is InChI=1S/C16H18N2O2.ClH/c1-2-20-16(19)15-5-3-13(4-6-15)11-18-12-14-7-9-17-10-8-14;/h3-10,18H,2,11-12H2,1H3;1H. The molecule has 0 saturated heterocycles. The lowest BCUT2D eigenvalue weighted by Gasteiger charge is -2.06. The summed E-state index contributed by atoms with van der Waals surface area (Å²) in [6, 6.07) is 11.4. The Labute approximate surface area is 131 Å². The van der Waals surface area contributed by atoms with Gasteiger partial charge in [0.05, 0.1) is 12.2 Å². The van der Waals surface area contributed by atoms with E-state index in [1.807, 2.05) is 24.3 Å². The first kappa shape index (κ1) is 17.1. The van der Waals surface area contributed by atoms with E-state index in [2.05, 4.69) is 10.3 Å². The highest BCUT2D eigenvalue weighted by Crippen LogP contribution is 2.06. The molecule has 0 unspecified atom stereocenters. The smallest absolute Gasteiger partial charge is 0.338 e. The van der Waals surface area contributed by atoms with Crippen molar-refractivity contribution in [3.8, 4) is 0 Å². The molecule has 0 aliphatic rings. The predicted octanol–water partition coefficient (Wildman–Crippen LogP) is 2.97. The zero-order chi connectivity index (χ0) is 14.2. The molecule has 0 radical (unpaired) electrons. The minimum Gasteiger partial charge on any atom is -0.462 e. The first-order chi connectivity index (χ1) is 9.79. The molecule has 0 amide bonds. The third-order valence-electron chi connectivity index (χ3n) is 2.87. The zero-order valence-electron chi connectivity index (χ0n) is 11.9. The van der Waals surface area contributed by atoms with Crippen molar-refractivity contribution in [1.82, 2.24) is 10.3 Å². The molecule has 0 atom stereocenters. The van der Waals surface area contributed by atoms with Crippen molar-refractivity contribution >= 4 is 18.4 Å². The van der Waals surface area contributed by atoms with E-state index < -0.39 is 0 Å². The number of carbonyl (C=O) groups excluding carboxylic acids is 1. The second-order valence-electron chi connectivity index (χ2n) is 4.38. The molecule has 0 saturated carbocycles. The van der Waals surface area contributed by atoms with Gasteiger partial charge in [-0.05, 0) is 42.3 Å². The Balaban J connectivity index is 0.00000220. The summed E-state index contributed by atoms with van der Waals surface area (Å²) in [4.78, 5) is 15.5. The molecule has 0 aliphatic carbocycles. The Hall–Kier alpha value is -1.91. The molecule has 1 aromatic heterocycles. The lowest BCUT2D eigenvalue weighted by molar-refractivity contribution is 0.0526. The molecule has 21 heavy (non-hydrogen) atoms. The van der Waals surface area contributed by atoms with Crippen LogP contribution in [0.2, 0.25) is 0 Å². The highest BCUT2D eigenvalue weighted by atomic mass is 35.5. The first-order valence-electron chi connectivity index (χ1n) is 6.65. The summed E-state index contributed by atoms with van der Waals surface area (Å²) in [6.45, 7) is 3.75. The van der Waals surface area contributed by atoms with E-state index in [-0.39, 0.29) is 18.4 Å². The van der Waals surface area contributed by atoms with Gasteiger partial charge in [-0.25, -0.2) is 4.79 Å².